The standard InChI is InChI=1S/C21H23F3O3/c1-2-3-4-5-6-7-16-8-12-18(13-9-16)26-20(25)17-10-14-19(15-11-17)27-21(22,23)24/h8-15H,2-7H2,1H3. The van der Waals surface area contributed by atoms with Crippen LogP contribution in [0.25, 0.3) is 0 Å². The van der Waals surface area contributed by atoms with E-state index in [1.807, 2.05) is 12.1 Å². The van der Waals surface area contributed by atoms with Gasteiger partial charge in [0.25, 0.3) is 0 Å². The molecule has 0 unspecified atom stereocenters. The van der Waals surface area contributed by atoms with E-state index < -0.39 is 12.3 Å². The van der Waals surface area contributed by atoms with Crippen molar-refractivity contribution in [3.63, 3.8) is 0 Å². The predicted molar refractivity (Wildman–Crippen MR) is 97.0 cm³/mol. The van der Waals surface area contributed by atoms with Crippen LogP contribution in [0.1, 0.15) is 54.9 Å². The summed E-state index contributed by atoms with van der Waals surface area (Å²) in [5.41, 5.74) is 1.32. The second-order valence-electron chi connectivity index (χ2n) is 6.27. The summed E-state index contributed by atoms with van der Waals surface area (Å²) in [5, 5.41) is 0. The number of benzene rings is 2. The van der Waals surface area contributed by atoms with Crippen molar-refractivity contribution in [3.8, 4) is 11.5 Å². The highest BCUT2D eigenvalue weighted by Gasteiger charge is 2.31. The summed E-state index contributed by atoms with van der Waals surface area (Å²) in [6.45, 7) is 2.19. The van der Waals surface area contributed by atoms with Gasteiger partial charge in [-0.25, -0.2) is 4.79 Å². The lowest BCUT2D eigenvalue weighted by Gasteiger charge is -2.09. The normalized spacial score (nSPS) is 11.3. The highest BCUT2D eigenvalue weighted by Crippen LogP contribution is 2.23. The Hall–Kier alpha value is -2.50. The molecule has 146 valence electrons. The molecule has 2 rings (SSSR count). The molecule has 6 heteroatoms. The summed E-state index contributed by atoms with van der Waals surface area (Å²) in [5.74, 6) is -0.631. The van der Waals surface area contributed by atoms with E-state index in [4.69, 9.17) is 4.74 Å². The quantitative estimate of drug-likeness (QED) is 0.290. The van der Waals surface area contributed by atoms with Crippen LogP contribution in [0.3, 0.4) is 0 Å². The first-order valence-corrected chi connectivity index (χ1v) is 9.04. The Morgan fingerprint density at radius 2 is 1.44 bits per heavy atom. The number of hydrogen-bond donors (Lipinski definition) is 0. The van der Waals surface area contributed by atoms with Gasteiger partial charge in [-0.2, -0.15) is 0 Å². The van der Waals surface area contributed by atoms with E-state index in [9.17, 15) is 18.0 Å². The van der Waals surface area contributed by atoms with Crippen LogP contribution in [0, 0.1) is 0 Å². The fraction of sp³-hybridized carbons (Fsp3) is 0.381. The zero-order valence-electron chi connectivity index (χ0n) is 15.2. The third-order valence-corrected chi connectivity index (χ3v) is 4.03. The second kappa shape index (κ2) is 10.00. The molecule has 0 bridgehead atoms. The summed E-state index contributed by atoms with van der Waals surface area (Å²) in [4.78, 5) is 12.1. The number of ether oxygens (including phenoxy) is 2. The number of halogens is 3. The van der Waals surface area contributed by atoms with E-state index in [-0.39, 0.29) is 11.3 Å². The van der Waals surface area contributed by atoms with Gasteiger partial charge in [0.1, 0.15) is 11.5 Å². The van der Waals surface area contributed by atoms with E-state index in [0.29, 0.717) is 5.75 Å². The Morgan fingerprint density at radius 1 is 0.852 bits per heavy atom. The number of carbonyl (C=O) groups is 1. The van der Waals surface area contributed by atoms with E-state index in [2.05, 4.69) is 11.7 Å². The number of alkyl halides is 3. The Kier molecular flexibility index (Phi) is 7.70. The first-order chi connectivity index (χ1) is 12.9. The van der Waals surface area contributed by atoms with Crippen molar-refractivity contribution in [2.45, 2.75) is 51.8 Å². The maximum absolute atomic E-state index is 12.1. The topological polar surface area (TPSA) is 35.5 Å². The minimum atomic E-state index is -4.76. The van der Waals surface area contributed by atoms with Crippen LogP contribution in [0.15, 0.2) is 48.5 Å². The van der Waals surface area contributed by atoms with Crippen LogP contribution in [0.4, 0.5) is 13.2 Å². The van der Waals surface area contributed by atoms with Gasteiger partial charge in [-0.05, 0) is 54.8 Å². The molecule has 0 aliphatic carbocycles. The Balaban J connectivity index is 1.84. The van der Waals surface area contributed by atoms with Crippen LogP contribution in [-0.2, 0) is 6.42 Å². The third kappa shape index (κ3) is 7.72. The van der Waals surface area contributed by atoms with Gasteiger partial charge in [-0.1, -0.05) is 44.7 Å². The van der Waals surface area contributed by atoms with E-state index >= 15 is 0 Å². The summed E-state index contributed by atoms with van der Waals surface area (Å²) in [6.07, 6.45) is 2.29. The van der Waals surface area contributed by atoms with Crippen molar-refractivity contribution in [2.24, 2.45) is 0 Å². The largest absolute Gasteiger partial charge is 0.573 e. The van der Waals surface area contributed by atoms with Crippen molar-refractivity contribution in [2.75, 3.05) is 0 Å². The molecule has 0 saturated heterocycles. The lowest BCUT2D eigenvalue weighted by Crippen LogP contribution is -2.17. The number of rotatable bonds is 9. The smallest absolute Gasteiger partial charge is 0.423 e. The molecule has 0 aliphatic heterocycles. The first kappa shape index (κ1) is 20.8. The Bertz CT molecular complexity index is 707. The van der Waals surface area contributed by atoms with Crippen LogP contribution in [-0.4, -0.2) is 12.3 Å². The number of esters is 1. The average Bonchev–Trinajstić information content (AvgIpc) is 2.62. The molecule has 0 saturated carbocycles. The summed E-state index contributed by atoms with van der Waals surface area (Å²) in [7, 11) is 0. The zero-order valence-corrected chi connectivity index (χ0v) is 15.2. The van der Waals surface area contributed by atoms with E-state index in [0.717, 1.165) is 25.0 Å². The minimum Gasteiger partial charge on any atom is -0.423 e. The molecule has 2 aromatic carbocycles. The van der Waals surface area contributed by atoms with Crippen molar-refractivity contribution >= 4 is 5.97 Å². The van der Waals surface area contributed by atoms with Gasteiger partial charge in [-0.3, -0.25) is 0 Å². The Labute approximate surface area is 157 Å². The molecule has 0 N–H and O–H groups in total. The van der Waals surface area contributed by atoms with Crippen LogP contribution < -0.4 is 9.47 Å². The predicted octanol–water partition coefficient (Wildman–Crippen LogP) is 6.32. The first-order valence-electron chi connectivity index (χ1n) is 9.04. The number of carbonyl (C=O) groups excluding carboxylic acids is 1. The number of hydrogen-bond acceptors (Lipinski definition) is 3. The number of aryl methyl sites for hydroxylation is 1. The van der Waals surface area contributed by atoms with Crippen molar-refractivity contribution in [1.29, 1.82) is 0 Å². The molecule has 0 amide bonds. The van der Waals surface area contributed by atoms with Gasteiger partial charge in [0.2, 0.25) is 0 Å². The van der Waals surface area contributed by atoms with Gasteiger partial charge in [-0.15, -0.1) is 13.2 Å². The molecular formula is C21H23F3O3. The van der Waals surface area contributed by atoms with Crippen LogP contribution in [0.2, 0.25) is 0 Å². The zero-order chi connectivity index (χ0) is 19.7. The lowest BCUT2D eigenvalue weighted by atomic mass is 10.1. The van der Waals surface area contributed by atoms with E-state index in [1.54, 1.807) is 12.1 Å². The highest BCUT2D eigenvalue weighted by molar-refractivity contribution is 5.91. The monoisotopic (exact) mass is 380 g/mol. The summed E-state index contributed by atoms with van der Waals surface area (Å²) >= 11 is 0. The molecule has 0 heterocycles. The SMILES string of the molecule is CCCCCCCc1ccc(OC(=O)c2ccc(OC(F)(F)F)cc2)cc1. The Morgan fingerprint density at radius 3 is 2.04 bits per heavy atom. The van der Waals surface area contributed by atoms with Crippen LogP contribution >= 0.6 is 0 Å². The van der Waals surface area contributed by atoms with Gasteiger partial charge in [0.15, 0.2) is 0 Å². The maximum atomic E-state index is 12.1. The third-order valence-electron chi connectivity index (χ3n) is 4.03. The number of unbranched alkanes of at least 4 members (excludes halogenated alkanes) is 4. The van der Waals surface area contributed by atoms with Crippen molar-refractivity contribution in [1.82, 2.24) is 0 Å². The van der Waals surface area contributed by atoms with Crippen molar-refractivity contribution in [3.05, 3.63) is 59.7 Å². The molecular weight excluding hydrogens is 357 g/mol. The van der Waals surface area contributed by atoms with Gasteiger partial charge in [0.05, 0.1) is 5.56 Å². The molecule has 0 radical (unpaired) electrons. The summed E-state index contributed by atoms with van der Waals surface area (Å²) < 4.78 is 45.4. The molecule has 2 aromatic rings. The molecule has 0 aliphatic rings. The summed E-state index contributed by atoms with van der Waals surface area (Å²) in [6, 6.07) is 11.9. The molecule has 0 fully saturated rings. The van der Waals surface area contributed by atoms with Crippen LogP contribution in [0.5, 0.6) is 11.5 Å². The second-order valence-corrected chi connectivity index (χ2v) is 6.27. The molecule has 27 heavy (non-hydrogen) atoms. The molecule has 0 aromatic heterocycles. The molecule has 3 nitrogen and oxygen atoms in total. The lowest BCUT2D eigenvalue weighted by molar-refractivity contribution is -0.274. The van der Waals surface area contributed by atoms with E-state index in [1.165, 1.54) is 43.4 Å². The fourth-order valence-corrected chi connectivity index (χ4v) is 2.62. The minimum absolute atomic E-state index is 0.143. The highest BCUT2D eigenvalue weighted by atomic mass is 19.4. The maximum Gasteiger partial charge on any atom is 0.573 e. The van der Waals surface area contributed by atoms with Gasteiger partial charge in [0, 0.05) is 0 Å². The average molecular weight is 380 g/mol. The fourth-order valence-electron chi connectivity index (χ4n) is 2.62. The van der Waals surface area contributed by atoms with Gasteiger partial charge >= 0.3 is 12.3 Å². The molecule has 0 atom stereocenters. The van der Waals surface area contributed by atoms with Gasteiger partial charge < -0.3 is 9.47 Å². The van der Waals surface area contributed by atoms with Crippen molar-refractivity contribution < 1.29 is 27.4 Å². The molecule has 0 spiro atoms.